The molecule has 0 aliphatic carbocycles. The van der Waals surface area contributed by atoms with Crippen molar-refractivity contribution in [2.45, 2.75) is 44.2 Å². The molecular weight excluding hydrogens is 312 g/mol. The van der Waals surface area contributed by atoms with E-state index in [4.69, 9.17) is 4.74 Å². The van der Waals surface area contributed by atoms with Crippen molar-refractivity contribution >= 4 is 23.6 Å². The molecule has 1 rings (SSSR count). The van der Waals surface area contributed by atoms with Crippen LogP contribution in [0.5, 0.6) is 5.75 Å². The number of carbonyl (C=O) groups is 2. The van der Waals surface area contributed by atoms with E-state index in [1.165, 1.54) is 4.90 Å². The van der Waals surface area contributed by atoms with Crippen LogP contribution >= 0.6 is 11.8 Å². The number of hydrogen-bond acceptors (Lipinski definition) is 4. The van der Waals surface area contributed by atoms with E-state index in [9.17, 15) is 9.59 Å². The van der Waals surface area contributed by atoms with E-state index >= 15 is 0 Å². The zero-order valence-corrected chi connectivity index (χ0v) is 15.5. The van der Waals surface area contributed by atoms with Crippen LogP contribution in [-0.4, -0.2) is 48.2 Å². The maximum atomic E-state index is 12.3. The quantitative estimate of drug-likeness (QED) is 0.810. The van der Waals surface area contributed by atoms with Crippen molar-refractivity contribution in [3.63, 3.8) is 0 Å². The van der Waals surface area contributed by atoms with Gasteiger partial charge >= 0.3 is 0 Å². The average Bonchev–Trinajstić information content (AvgIpc) is 2.45. The smallest absolute Gasteiger partial charge is 0.263 e. The summed E-state index contributed by atoms with van der Waals surface area (Å²) in [5.74, 6) is 0.212. The Kier molecular flexibility index (Phi) is 6.94. The van der Waals surface area contributed by atoms with E-state index < -0.39 is 6.10 Å². The Bertz CT molecular complexity index is 538. The van der Waals surface area contributed by atoms with Crippen LogP contribution in [-0.2, 0) is 9.59 Å². The average molecular weight is 338 g/mol. The highest BCUT2D eigenvalue weighted by atomic mass is 32.2. The van der Waals surface area contributed by atoms with E-state index in [-0.39, 0.29) is 23.9 Å². The van der Waals surface area contributed by atoms with Crippen molar-refractivity contribution in [1.29, 1.82) is 0 Å². The van der Waals surface area contributed by atoms with E-state index in [2.05, 4.69) is 5.32 Å². The van der Waals surface area contributed by atoms with Gasteiger partial charge in [-0.15, -0.1) is 11.8 Å². The molecule has 0 aromatic heterocycles. The van der Waals surface area contributed by atoms with Crippen molar-refractivity contribution in [3.05, 3.63) is 24.3 Å². The predicted octanol–water partition coefficient (Wildman–Crippen LogP) is 2.55. The SMILES string of the molecule is CSc1ccc(OC(C)C(=O)N(C)CC(=O)NC(C)(C)C)cc1. The molecule has 2 amide bonds. The first-order valence-electron chi connectivity index (χ1n) is 7.49. The predicted molar refractivity (Wildman–Crippen MR) is 93.8 cm³/mol. The largest absolute Gasteiger partial charge is 0.481 e. The van der Waals surface area contributed by atoms with Crippen LogP contribution in [0, 0.1) is 0 Å². The molecule has 1 atom stereocenters. The first-order chi connectivity index (χ1) is 10.6. The highest BCUT2D eigenvalue weighted by Crippen LogP contribution is 2.20. The molecule has 0 bridgehead atoms. The normalized spacial score (nSPS) is 12.4. The van der Waals surface area contributed by atoms with Crippen LogP contribution in [0.1, 0.15) is 27.7 Å². The lowest BCUT2D eigenvalue weighted by Gasteiger charge is -2.25. The minimum absolute atomic E-state index is 0.00914. The molecule has 0 fully saturated rings. The fraction of sp³-hybridized carbons (Fsp3) is 0.529. The molecule has 23 heavy (non-hydrogen) atoms. The van der Waals surface area contributed by atoms with Crippen molar-refractivity contribution < 1.29 is 14.3 Å². The lowest BCUT2D eigenvalue weighted by molar-refractivity contribution is -0.140. The molecule has 0 saturated carbocycles. The Hall–Kier alpha value is -1.69. The summed E-state index contributed by atoms with van der Waals surface area (Å²) in [6, 6.07) is 7.55. The standard InChI is InChI=1S/C17H26N2O3S/c1-12(22-13-7-9-14(23-6)10-8-13)16(21)19(5)11-15(20)18-17(2,3)4/h7-10,12H,11H2,1-6H3,(H,18,20). The van der Waals surface area contributed by atoms with Crippen molar-refractivity contribution in [1.82, 2.24) is 10.2 Å². The number of benzene rings is 1. The topological polar surface area (TPSA) is 58.6 Å². The number of nitrogens with zero attached hydrogens (tertiary/aromatic N) is 1. The highest BCUT2D eigenvalue weighted by molar-refractivity contribution is 7.98. The zero-order chi connectivity index (χ0) is 17.6. The van der Waals surface area contributed by atoms with Gasteiger partial charge in [-0.1, -0.05) is 0 Å². The van der Waals surface area contributed by atoms with E-state index in [1.54, 1.807) is 25.7 Å². The molecule has 128 valence electrons. The van der Waals surface area contributed by atoms with Crippen molar-refractivity contribution in [2.75, 3.05) is 19.8 Å². The molecule has 6 heteroatoms. The summed E-state index contributed by atoms with van der Waals surface area (Å²) >= 11 is 1.64. The van der Waals surface area contributed by atoms with Crippen LogP contribution in [0.15, 0.2) is 29.2 Å². The molecule has 1 N–H and O–H groups in total. The molecule has 0 spiro atoms. The number of hydrogen-bond donors (Lipinski definition) is 1. The third kappa shape index (κ3) is 6.95. The lowest BCUT2D eigenvalue weighted by Crippen LogP contribution is -2.48. The van der Waals surface area contributed by atoms with Gasteiger partial charge in [0.2, 0.25) is 5.91 Å². The fourth-order valence-electron chi connectivity index (χ4n) is 1.97. The molecule has 0 heterocycles. The highest BCUT2D eigenvalue weighted by Gasteiger charge is 2.22. The number of rotatable bonds is 6. The van der Waals surface area contributed by atoms with Gasteiger partial charge < -0.3 is 15.0 Å². The first-order valence-corrected chi connectivity index (χ1v) is 8.71. The van der Waals surface area contributed by atoms with Gasteiger partial charge in [-0.05, 0) is 58.2 Å². The summed E-state index contributed by atoms with van der Waals surface area (Å²) in [6.07, 6.45) is 1.35. The molecule has 0 aliphatic heterocycles. The molecule has 1 aromatic carbocycles. The van der Waals surface area contributed by atoms with Crippen LogP contribution in [0.3, 0.4) is 0 Å². The molecule has 5 nitrogen and oxygen atoms in total. The molecule has 0 radical (unpaired) electrons. The van der Waals surface area contributed by atoms with E-state index in [0.29, 0.717) is 5.75 Å². The van der Waals surface area contributed by atoms with Gasteiger partial charge in [0.25, 0.3) is 5.91 Å². The van der Waals surface area contributed by atoms with Gasteiger partial charge in [0, 0.05) is 17.5 Å². The first kappa shape index (κ1) is 19.4. The van der Waals surface area contributed by atoms with Crippen LogP contribution < -0.4 is 10.1 Å². The summed E-state index contributed by atoms with van der Waals surface area (Å²) in [4.78, 5) is 26.7. The van der Waals surface area contributed by atoms with Crippen LogP contribution in [0.4, 0.5) is 0 Å². The second-order valence-corrected chi connectivity index (χ2v) is 7.31. The van der Waals surface area contributed by atoms with E-state index in [0.717, 1.165) is 4.90 Å². The third-order valence-electron chi connectivity index (χ3n) is 2.99. The summed E-state index contributed by atoms with van der Waals surface area (Å²) in [5.41, 5.74) is -0.317. The van der Waals surface area contributed by atoms with Crippen LogP contribution in [0.25, 0.3) is 0 Å². The number of amides is 2. The summed E-state index contributed by atoms with van der Waals surface area (Å²) < 4.78 is 5.65. The van der Waals surface area contributed by atoms with E-state index in [1.807, 2.05) is 51.3 Å². The Morgan fingerprint density at radius 3 is 2.30 bits per heavy atom. The Morgan fingerprint density at radius 2 is 1.83 bits per heavy atom. The minimum Gasteiger partial charge on any atom is -0.481 e. The third-order valence-corrected chi connectivity index (χ3v) is 3.74. The maximum absolute atomic E-state index is 12.3. The van der Waals surface area contributed by atoms with Gasteiger partial charge in [-0.2, -0.15) is 0 Å². The fourth-order valence-corrected chi connectivity index (χ4v) is 2.38. The number of likely N-dealkylation sites (N-methyl/N-ethyl adjacent to an activating group) is 1. The molecular formula is C17H26N2O3S. The van der Waals surface area contributed by atoms with Gasteiger partial charge in [0.1, 0.15) is 5.75 Å². The molecule has 0 aliphatic rings. The zero-order valence-electron chi connectivity index (χ0n) is 14.7. The lowest BCUT2D eigenvalue weighted by atomic mass is 10.1. The van der Waals surface area contributed by atoms with Gasteiger partial charge in [-0.3, -0.25) is 9.59 Å². The second kappa shape index (κ2) is 8.24. The Balaban J connectivity index is 2.55. The summed E-state index contributed by atoms with van der Waals surface area (Å²) in [7, 11) is 1.60. The number of carbonyl (C=O) groups excluding carboxylic acids is 2. The van der Waals surface area contributed by atoms with Crippen molar-refractivity contribution in [2.24, 2.45) is 0 Å². The van der Waals surface area contributed by atoms with Gasteiger partial charge in [0.05, 0.1) is 6.54 Å². The molecule has 1 aromatic rings. The Morgan fingerprint density at radius 1 is 1.26 bits per heavy atom. The minimum atomic E-state index is -0.650. The number of nitrogens with one attached hydrogen (secondary N) is 1. The van der Waals surface area contributed by atoms with Crippen molar-refractivity contribution in [3.8, 4) is 5.75 Å². The maximum Gasteiger partial charge on any atom is 0.263 e. The summed E-state index contributed by atoms with van der Waals surface area (Å²) in [5, 5.41) is 2.83. The summed E-state index contributed by atoms with van der Waals surface area (Å²) in [6.45, 7) is 7.39. The number of ether oxygens (including phenoxy) is 1. The molecule has 1 unspecified atom stereocenters. The Labute approximate surface area is 142 Å². The molecule has 0 saturated heterocycles. The monoisotopic (exact) mass is 338 g/mol. The number of thioether (sulfide) groups is 1. The van der Waals surface area contributed by atoms with Gasteiger partial charge in [-0.25, -0.2) is 0 Å². The van der Waals surface area contributed by atoms with Gasteiger partial charge in [0.15, 0.2) is 6.10 Å². The second-order valence-electron chi connectivity index (χ2n) is 6.43. The van der Waals surface area contributed by atoms with Crippen LogP contribution in [0.2, 0.25) is 0 Å².